The average Bonchev–Trinajstić information content (AvgIpc) is 2.87. The largest absolute Gasteiger partial charge is 0.464 e. The fourth-order valence-electron chi connectivity index (χ4n) is 1.74. The molecule has 5 nitrogen and oxygen atoms in total. The maximum Gasteiger partial charge on any atom is 0.328 e. The molecule has 1 aromatic carbocycles. The number of nitrogens with zero attached hydrogens (tertiary/aromatic N) is 2. The Bertz CT molecular complexity index is 598. The summed E-state index contributed by atoms with van der Waals surface area (Å²) in [5, 5.41) is 7.02. The molecule has 0 amide bonds. The Labute approximate surface area is 116 Å². The van der Waals surface area contributed by atoms with Crippen molar-refractivity contribution in [1.29, 1.82) is 0 Å². The predicted molar refractivity (Wildman–Crippen MR) is 73.2 cm³/mol. The third kappa shape index (κ3) is 3.14. The number of hydrogen-bond acceptors (Lipinski definition) is 4. The number of nitrogens with one attached hydrogen (secondary N) is 1. The molecule has 0 radical (unpaired) electrons. The van der Waals surface area contributed by atoms with Crippen molar-refractivity contribution in [3.8, 4) is 5.69 Å². The molecule has 1 N–H and O–H groups in total. The highest BCUT2D eigenvalue weighted by Crippen LogP contribution is 2.15. The van der Waals surface area contributed by atoms with Gasteiger partial charge in [-0.25, -0.2) is 13.9 Å². The number of halogens is 1. The summed E-state index contributed by atoms with van der Waals surface area (Å²) in [5.74, 6) is -0.702. The van der Waals surface area contributed by atoms with Crippen LogP contribution in [0.1, 0.15) is 13.8 Å². The van der Waals surface area contributed by atoms with Gasteiger partial charge in [-0.05, 0) is 26.0 Å². The molecule has 0 spiro atoms. The van der Waals surface area contributed by atoms with E-state index in [-0.39, 0.29) is 11.8 Å². The van der Waals surface area contributed by atoms with Crippen molar-refractivity contribution in [3.05, 3.63) is 42.5 Å². The van der Waals surface area contributed by atoms with E-state index in [1.807, 2.05) is 0 Å². The minimum absolute atomic E-state index is 0.333. The van der Waals surface area contributed by atoms with Crippen LogP contribution in [0.4, 0.5) is 10.1 Å². The van der Waals surface area contributed by atoms with Gasteiger partial charge in [0.05, 0.1) is 24.7 Å². The lowest BCUT2D eigenvalue weighted by Gasteiger charge is -2.11. The van der Waals surface area contributed by atoms with Crippen LogP contribution in [0.2, 0.25) is 0 Å². The molecule has 6 heteroatoms. The van der Waals surface area contributed by atoms with Gasteiger partial charge < -0.3 is 10.1 Å². The lowest BCUT2D eigenvalue weighted by molar-refractivity contribution is -0.143. The molecule has 2 rings (SSSR count). The van der Waals surface area contributed by atoms with Gasteiger partial charge in [0.15, 0.2) is 0 Å². The van der Waals surface area contributed by atoms with Crippen LogP contribution in [0, 0.1) is 5.82 Å². The van der Waals surface area contributed by atoms with Crippen molar-refractivity contribution in [2.24, 2.45) is 0 Å². The number of aromatic nitrogens is 2. The number of benzene rings is 1. The van der Waals surface area contributed by atoms with Gasteiger partial charge in [-0.1, -0.05) is 12.1 Å². The molecule has 0 saturated heterocycles. The van der Waals surface area contributed by atoms with Crippen molar-refractivity contribution < 1.29 is 13.9 Å². The monoisotopic (exact) mass is 277 g/mol. The second kappa shape index (κ2) is 6.18. The van der Waals surface area contributed by atoms with Gasteiger partial charge in [0.2, 0.25) is 0 Å². The quantitative estimate of drug-likeness (QED) is 0.852. The Morgan fingerprint density at radius 1 is 1.50 bits per heavy atom. The summed E-state index contributed by atoms with van der Waals surface area (Å²) in [5.41, 5.74) is 0.971. The number of hydrogen-bond donors (Lipinski definition) is 1. The first-order chi connectivity index (χ1) is 9.61. The van der Waals surface area contributed by atoms with Gasteiger partial charge in [0.25, 0.3) is 0 Å². The molecule has 1 aromatic heterocycles. The first-order valence-electron chi connectivity index (χ1n) is 6.34. The SMILES string of the molecule is CCOC(=O)C(C)Nc1cnn(-c2ccccc2F)c1. The lowest BCUT2D eigenvalue weighted by atomic mass is 10.3. The van der Waals surface area contributed by atoms with Crippen molar-refractivity contribution in [2.45, 2.75) is 19.9 Å². The Morgan fingerprint density at radius 2 is 2.25 bits per heavy atom. The summed E-state index contributed by atoms with van der Waals surface area (Å²) >= 11 is 0. The summed E-state index contributed by atoms with van der Waals surface area (Å²) in [6.07, 6.45) is 3.15. The topological polar surface area (TPSA) is 56.1 Å². The number of carbonyl (C=O) groups is 1. The van der Waals surface area contributed by atoms with Crippen LogP contribution in [-0.4, -0.2) is 28.4 Å². The van der Waals surface area contributed by atoms with Crippen molar-refractivity contribution in [2.75, 3.05) is 11.9 Å². The number of esters is 1. The van der Waals surface area contributed by atoms with E-state index >= 15 is 0 Å². The molecule has 2 aromatic rings. The minimum atomic E-state index is -0.492. The van der Waals surface area contributed by atoms with E-state index in [0.29, 0.717) is 18.0 Å². The molecule has 20 heavy (non-hydrogen) atoms. The van der Waals surface area contributed by atoms with E-state index in [1.54, 1.807) is 38.2 Å². The van der Waals surface area contributed by atoms with Crippen molar-refractivity contribution in [1.82, 2.24) is 9.78 Å². The summed E-state index contributed by atoms with van der Waals surface area (Å²) in [6, 6.07) is 5.85. The molecule has 106 valence electrons. The number of carbonyl (C=O) groups excluding carboxylic acids is 1. The van der Waals surface area contributed by atoms with Crippen LogP contribution in [-0.2, 0) is 9.53 Å². The molecule has 0 aliphatic carbocycles. The molecule has 0 aliphatic rings. The maximum absolute atomic E-state index is 13.6. The normalized spacial score (nSPS) is 11.9. The fraction of sp³-hybridized carbons (Fsp3) is 0.286. The third-order valence-electron chi connectivity index (χ3n) is 2.71. The Morgan fingerprint density at radius 3 is 2.95 bits per heavy atom. The molecule has 0 aliphatic heterocycles. The van der Waals surface area contributed by atoms with Gasteiger partial charge in [-0.3, -0.25) is 0 Å². The Kier molecular flexibility index (Phi) is 4.34. The first-order valence-corrected chi connectivity index (χ1v) is 6.34. The lowest BCUT2D eigenvalue weighted by Crippen LogP contribution is -2.27. The molecule has 1 heterocycles. The second-order valence-electron chi connectivity index (χ2n) is 4.24. The zero-order chi connectivity index (χ0) is 14.5. The fourth-order valence-corrected chi connectivity index (χ4v) is 1.74. The van der Waals surface area contributed by atoms with E-state index in [0.717, 1.165) is 0 Å². The summed E-state index contributed by atoms with van der Waals surface area (Å²) < 4.78 is 19.9. The molecule has 1 unspecified atom stereocenters. The van der Waals surface area contributed by atoms with Crippen LogP contribution < -0.4 is 5.32 Å². The van der Waals surface area contributed by atoms with E-state index in [4.69, 9.17) is 4.74 Å². The predicted octanol–water partition coefficient (Wildman–Crippen LogP) is 2.37. The van der Waals surface area contributed by atoms with Gasteiger partial charge in [-0.15, -0.1) is 0 Å². The summed E-state index contributed by atoms with van der Waals surface area (Å²) in [7, 11) is 0. The number of para-hydroxylation sites is 1. The first kappa shape index (κ1) is 14.0. The van der Waals surface area contributed by atoms with Gasteiger partial charge in [-0.2, -0.15) is 5.10 Å². The zero-order valence-corrected chi connectivity index (χ0v) is 11.3. The molecule has 0 fully saturated rings. The number of rotatable bonds is 5. The second-order valence-corrected chi connectivity index (χ2v) is 4.24. The highest BCUT2D eigenvalue weighted by molar-refractivity contribution is 5.78. The molecule has 1 atom stereocenters. The van der Waals surface area contributed by atoms with Crippen LogP contribution in [0.5, 0.6) is 0 Å². The van der Waals surface area contributed by atoms with Crippen LogP contribution in [0.15, 0.2) is 36.7 Å². The summed E-state index contributed by atoms with van der Waals surface area (Å²) in [6.45, 7) is 3.78. The Balaban J connectivity index is 2.10. The Hall–Kier alpha value is -2.37. The smallest absolute Gasteiger partial charge is 0.328 e. The van der Waals surface area contributed by atoms with Crippen LogP contribution in [0.3, 0.4) is 0 Å². The number of ether oxygens (including phenoxy) is 1. The van der Waals surface area contributed by atoms with E-state index in [2.05, 4.69) is 10.4 Å². The van der Waals surface area contributed by atoms with E-state index in [9.17, 15) is 9.18 Å². The molecular formula is C14H16FN3O2. The van der Waals surface area contributed by atoms with Crippen LogP contribution >= 0.6 is 0 Å². The zero-order valence-electron chi connectivity index (χ0n) is 11.3. The third-order valence-corrected chi connectivity index (χ3v) is 2.71. The van der Waals surface area contributed by atoms with E-state index in [1.165, 1.54) is 16.9 Å². The van der Waals surface area contributed by atoms with Crippen LogP contribution in [0.25, 0.3) is 5.69 Å². The number of anilines is 1. The minimum Gasteiger partial charge on any atom is -0.464 e. The maximum atomic E-state index is 13.6. The summed E-state index contributed by atoms with van der Waals surface area (Å²) in [4.78, 5) is 11.5. The molecule has 0 saturated carbocycles. The van der Waals surface area contributed by atoms with E-state index < -0.39 is 6.04 Å². The van der Waals surface area contributed by atoms with Gasteiger partial charge in [0, 0.05) is 0 Å². The van der Waals surface area contributed by atoms with Crippen molar-refractivity contribution >= 4 is 11.7 Å². The molecule has 0 bridgehead atoms. The highest BCUT2D eigenvalue weighted by atomic mass is 19.1. The van der Waals surface area contributed by atoms with Gasteiger partial charge in [0.1, 0.15) is 17.5 Å². The van der Waals surface area contributed by atoms with Gasteiger partial charge >= 0.3 is 5.97 Å². The highest BCUT2D eigenvalue weighted by Gasteiger charge is 2.14. The molecular weight excluding hydrogens is 261 g/mol. The average molecular weight is 277 g/mol. The standard InChI is InChI=1S/C14H16FN3O2/c1-3-20-14(19)10(2)17-11-8-16-18(9-11)13-7-5-4-6-12(13)15/h4-10,17H,3H2,1-2H3. The van der Waals surface area contributed by atoms with Crippen molar-refractivity contribution in [3.63, 3.8) is 0 Å².